The second-order valence-corrected chi connectivity index (χ2v) is 4.95. The molecule has 0 N–H and O–H groups in total. The average Bonchev–Trinajstić information content (AvgIpc) is 2.41. The van der Waals surface area contributed by atoms with Gasteiger partial charge in [-0.1, -0.05) is 41.9 Å². The van der Waals surface area contributed by atoms with Crippen LogP contribution in [0.25, 0.3) is 0 Å². The molecule has 0 spiro atoms. The molecule has 2 aromatic rings. The Morgan fingerprint density at radius 3 is 2.50 bits per heavy atom. The Morgan fingerprint density at radius 2 is 1.89 bits per heavy atom. The van der Waals surface area contributed by atoms with E-state index in [0.29, 0.717) is 15.5 Å². The monoisotopic (exact) mass is 280 g/mol. The van der Waals surface area contributed by atoms with Crippen molar-refractivity contribution in [2.75, 3.05) is 6.26 Å². The maximum absolute atomic E-state index is 14.1. The second kappa shape index (κ2) is 5.55. The van der Waals surface area contributed by atoms with Crippen LogP contribution < -0.4 is 0 Å². The molecule has 4 heteroatoms. The van der Waals surface area contributed by atoms with Crippen LogP contribution in [0.5, 0.6) is 0 Å². The van der Waals surface area contributed by atoms with Crippen LogP contribution in [-0.4, -0.2) is 12.0 Å². The highest BCUT2D eigenvalue weighted by Gasteiger charge is 2.17. The fraction of sp³-hybridized carbons (Fsp3) is 0.0714. The van der Waals surface area contributed by atoms with Crippen molar-refractivity contribution in [2.24, 2.45) is 0 Å². The zero-order chi connectivity index (χ0) is 13.1. The lowest BCUT2D eigenvalue weighted by Gasteiger charge is -2.07. The summed E-state index contributed by atoms with van der Waals surface area (Å²) in [5.74, 6) is -0.869. The summed E-state index contributed by atoms with van der Waals surface area (Å²) in [7, 11) is 0. The van der Waals surface area contributed by atoms with Crippen molar-refractivity contribution >= 4 is 29.1 Å². The highest BCUT2D eigenvalue weighted by Crippen LogP contribution is 2.28. The van der Waals surface area contributed by atoms with Crippen molar-refractivity contribution in [1.82, 2.24) is 0 Å². The lowest BCUT2D eigenvalue weighted by Crippen LogP contribution is -2.05. The molecule has 0 heterocycles. The average molecular weight is 281 g/mol. The molecule has 18 heavy (non-hydrogen) atoms. The van der Waals surface area contributed by atoms with Crippen LogP contribution in [0, 0.1) is 5.82 Å². The maximum Gasteiger partial charge on any atom is 0.196 e. The summed E-state index contributed by atoms with van der Waals surface area (Å²) in [6, 6.07) is 11.5. The molecular weight excluding hydrogens is 271 g/mol. The van der Waals surface area contributed by atoms with Gasteiger partial charge in [0.05, 0.1) is 5.56 Å². The van der Waals surface area contributed by atoms with Gasteiger partial charge in [-0.05, 0) is 18.4 Å². The molecule has 0 aliphatic heterocycles. The fourth-order valence-electron chi connectivity index (χ4n) is 1.62. The number of rotatable bonds is 3. The van der Waals surface area contributed by atoms with Crippen molar-refractivity contribution in [1.29, 1.82) is 0 Å². The first-order valence-corrected chi connectivity index (χ1v) is 6.86. The third kappa shape index (κ3) is 2.57. The summed E-state index contributed by atoms with van der Waals surface area (Å²) in [5, 5.41) is 0.361. The smallest absolute Gasteiger partial charge is 0.196 e. The Hall–Kier alpha value is -1.32. The summed E-state index contributed by atoms with van der Waals surface area (Å²) in [5.41, 5.74) is 0.462. The highest BCUT2D eigenvalue weighted by molar-refractivity contribution is 7.98. The molecule has 0 bridgehead atoms. The normalized spacial score (nSPS) is 10.4. The zero-order valence-corrected chi connectivity index (χ0v) is 11.2. The summed E-state index contributed by atoms with van der Waals surface area (Å²) in [6.45, 7) is 0. The van der Waals surface area contributed by atoms with Crippen LogP contribution >= 0.6 is 23.4 Å². The van der Waals surface area contributed by atoms with Gasteiger partial charge in [-0.15, -0.1) is 11.8 Å². The van der Waals surface area contributed by atoms with Crippen LogP contribution in [0.2, 0.25) is 5.02 Å². The van der Waals surface area contributed by atoms with Crippen molar-refractivity contribution in [3.05, 3.63) is 64.4 Å². The molecule has 0 aliphatic carbocycles. The Labute approximate surface area is 114 Å². The molecule has 0 aromatic heterocycles. The number of hydrogen-bond acceptors (Lipinski definition) is 2. The summed E-state index contributed by atoms with van der Waals surface area (Å²) < 4.78 is 14.1. The molecule has 0 saturated carbocycles. The predicted molar refractivity (Wildman–Crippen MR) is 73.1 cm³/mol. The zero-order valence-electron chi connectivity index (χ0n) is 9.61. The van der Waals surface area contributed by atoms with E-state index < -0.39 is 5.82 Å². The van der Waals surface area contributed by atoms with Crippen molar-refractivity contribution in [2.45, 2.75) is 4.90 Å². The third-order valence-corrected chi connectivity index (χ3v) is 3.46. The first-order chi connectivity index (χ1) is 8.63. The molecule has 0 saturated heterocycles. The fourth-order valence-corrected chi connectivity index (χ4v) is 2.44. The number of benzene rings is 2. The third-order valence-electron chi connectivity index (χ3n) is 2.50. The lowest BCUT2D eigenvalue weighted by atomic mass is 10.0. The van der Waals surface area contributed by atoms with E-state index in [2.05, 4.69) is 0 Å². The van der Waals surface area contributed by atoms with Crippen LogP contribution in [0.15, 0.2) is 47.4 Å². The molecule has 2 aromatic carbocycles. The summed E-state index contributed by atoms with van der Waals surface area (Å²) in [4.78, 5) is 12.6. The van der Waals surface area contributed by atoms with Gasteiger partial charge in [0, 0.05) is 15.5 Å². The number of halogens is 2. The van der Waals surface area contributed by atoms with Crippen LogP contribution in [0.3, 0.4) is 0 Å². The van der Waals surface area contributed by atoms with Gasteiger partial charge in [0.15, 0.2) is 5.78 Å². The van der Waals surface area contributed by atoms with Crippen molar-refractivity contribution < 1.29 is 9.18 Å². The topological polar surface area (TPSA) is 17.1 Å². The number of carbonyl (C=O) groups excluding carboxylic acids is 1. The Morgan fingerprint density at radius 1 is 1.22 bits per heavy atom. The molecule has 0 unspecified atom stereocenters. The van der Waals surface area contributed by atoms with E-state index in [9.17, 15) is 9.18 Å². The molecule has 0 atom stereocenters. The van der Waals surface area contributed by atoms with Gasteiger partial charge in [0.1, 0.15) is 5.82 Å². The van der Waals surface area contributed by atoms with Gasteiger partial charge >= 0.3 is 0 Å². The van der Waals surface area contributed by atoms with Crippen LogP contribution in [0.1, 0.15) is 15.9 Å². The number of carbonyl (C=O) groups is 1. The highest BCUT2D eigenvalue weighted by atomic mass is 35.5. The number of hydrogen-bond donors (Lipinski definition) is 0. The van der Waals surface area contributed by atoms with Gasteiger partial charge in [-0.2, -0.15) is 0 Å². The van der Waals surface area contributed by atoms with Crippen LogP contribution in [0.4, 0.5) is 4.39 Å². The first-order valence-electron chi connectivity index (χ1n) is 5.26. The van der Waals surface area contributed by atoms with E-state index in [1.165, 1.54) is 23.9 Å². The minimum atomic E-state index is -0.513. The first kappa shape index (κ1) is 13.1. The minimum absolute atomic E-state index is 0.0121. The molecule has 92 valence electrons. The Balaban J connectivity index is 2.52. The molecule has 0 radical (unpaired) electrons. The van der Waals surface area contributed by atoms with E-state index in [-0.39, 0.29) is 11.3 Å². The van der Waals surface area contributed by atoms with E-state index in [1.54, 1.807) is 36.6 Å². The van der Waals surface area contributed by atoms with Gasteiger partial charge in [0.2, 0.25) is 0 Å². The van der Waals surface area contributed by atoms with Crippen molar-refractivity contribution in [3.8, 4) is 0 Å². The molecule has 0 amide bonds. The molecule has 1 nitrogen and oxygen atoms in total. The molecule has 0 fully saturated rings. The van der Waals surface area contributed by atoms with E-state index >= 15 is 0 Å². The summed E-state index contributed by atoms with van der Waals surface area (Å²) >= 11 is 7.12. The van der Waals surface area contributed by atoms with Gasteiger partial charge in [-0.3, -0.25) is 4.79 Å². The predicted octanol–water partition coefficient (Wildman–Crippen LogP) is 4.43. The lowest BCUT2D eigenvalue weighted by molar-refractivity contribution is 0.103. The quantitative estimate of drug-likeness (QED) is 0.611. The van der Waals surface area contributed by atoms with Gasteiger partial charge in [0.25, 0.3) is 0 Å². The second-order valence-electron chi connectivity index (χ2n) is 3.66. The Kier molecular flexibility index (Phi) is 4.04. The minimum Gasteiger partial charge on any atom is -0.288 e. The van der Waals surface area contributed by atoms with E-state index in [1.807, 2.05) is 0 Å². The van der Waals surface area contributed by atoms with Gasteiger partial charge < -0.3 is 0 Å². The SMILES string of the molecule is CSc1cc(Cl)cc(C(=O)c2ccccc2)c1F. The van der Waals surface area contributed by atoms with Crippen molar-refractivity contribution in [3.63, 3.8) is 0 Å². The number of thioether (sulfide) groups is 1. The van der Waals surface area contributed by atoms with E-state index in [0.717, 1.165) is 0 Å². The molecule has 2 rings (SSSR count). The van der Waals surface area contributed by atoms with Crippen LogP contribution in [-0.2, 0) is 0 Å². The molecular formula is C14H10ClFOS. The molecule has 0 aliphatic rings. The number of ketones is 1. The van der Waals surface area contributed by atoms with Gasteiger partial charge in [-0.25, -0.2) is 4.39 Å². The maximum atomic E-state index is 14.1. The standard InChI is InChI=1S/C14H10ClFOS/c1-18-12-8-10(15)7-11(13(12)16)14(17)9-5-3-2-4-6-9/h2-8H,1H3. The largest absolute Gasteiger partial charge is 0.288 e. The van der Waals surface area contributed by atoms with E-state index in [4.69, 9.17) is 11.6 Å². The summed E-state index contributed by atoms with van der Waals surface area (Å²) in [6.07, 6.45) is 1.74. The Bertz CT molecular complexity index is 584.